The maximum Gasteiger partial charge on any atom is 0.117 e. The number of nitrogens with zero attached hydrogens (tertiary/aromatic N) is 2. The van der Waals surface area contributed by atoms with E-state index in [0.29, 0.717) is 0 Å². The fourth-order valence-electron chi connectivity index (χ4n) is 5.09. The van der Waals surface area contributed by atoms with E-state index in [4.69, 9.17) is 4.98 Å². The fourth-order valence-corrected chi connectivity index (χ4v) is 8.08. The molecule has 0 fully saturated rings. The van der Waals surface area contributed by atoms with Gasteiger partial charge in [0, 0.05) is 34.2 Å². The Labute approximate surface area is 189 Å². The molecular formula is C29H24N2Si. The van der Waals surface area contributed by atoms with Gasteiger partial charge in [0.15, 0.2) is 0 Å². The Hall–Kier alpha value is -3.69. The molecule has 0 N–H and O–H groups in total. The van der Waals surface area contributed by atoms with Crippen LogP contribution in [0.4, 0.5) is 17.1 Å². The molecule has 154 valence electrons. The molecule has 2 heterocycles. The average Bonchev–Trinajstić information content (AvgIpc) is 2.84. The Balaban J connectivity index is 1.58. The second kappa shape index (κ2) is 7.18. The van der Waals surface area contributed by atoms with Gasteiger partial charge >= 0.3 is 0 Å². The zero-order valence-electron chi connectivity index (χ0n) is 18.3. The summed E-state index contributed by atoms with van der Waals surface area (Å²) in [5.41, 5.74) is 5.92. The highest BCUT2D eigenvalue weighted by molar-refractivity contribution is 7.02. The van der Waals surface area contributed by atoms with E-state index in [0.717, 1.165) is 11.3 Å². The molecule has 6 rings (SSSR count). The van der Waals surface area contributed by atoms with E-state index in [9.17, 15) is 0 Å². The van der Waals surface area contributed by atoms with Crippen LogP contribution in [0.2, 0.25) is 13.1 Å². The van der Waals surface area contributed by atoms with Gasteiger partial charge in [-0.05, 0) is 46.1 Å². The standard InChI is InChI=1S/C29H24N2Si/c1-32(2)27-16-7-5-14-25(27)31(26-15-6-8-17-28(26)32)23-12-9-11-22(20-23)29-24-13-4-3-10-21(24)18-19-30-29/h3-20H,1-2H3. The van der Waals surface area contributed by atoms with Crippen molar-refractivity contribution in [3.8, 4) is 11.3 Å². The summed E-state index contributed by atoms with van der Waals surface area (Å²) in [4.78, 5) is 7.19. The number of para-hydroxylation sites is 2. The first kappa shape index (κ1) is 19.0. The summed E-state index contributed by atoms with van der Waals surface area (Å²) in [5.74, 6) is 0. The summed E-state index contributed by atoms with van der Waals surface area (Å²) in [6.45, 7) is 4.91. The number of hydrogen-bond acceptors (Lipinski definition) is 2. The predicted octanol–water partition coefficient (Wildman–Crippen LogP) is 6.51. The van der Waals surface area contributed by atoms with E-state index in [1.807, 2.05) is 6.20 Å². The molecule has 0 saturated carbocycles. The van der Waals surface area contributed by atoms with Gasteiger partial charge in [-0.1, -0.05) is 85.9 Å². The molecule has 1 aliphatic rings. The van der Waals surface area contributed by atoms with E-state index < -0.39 is 8.07 Å². The summed E-state index contributed by atoms with van der Waals surface area (Å²) in [6.07, 6.45) is 1.91. The van der Waals surface area contributed by atoms with Crippen LogP contribution < -0.4 is 15.3 Å². The lowest BCUT2D eigenvalue weighted by molar-refractivity contribution is 1.28. The van der Waals surface area contributed by atoms with Crippen molar-refractivity contribution < 1.29 is 0 Å². The Morgan fingerprint density at radius 2 is 1.31 bits per heavy atom. The van der Waals surface area contributed by atoms with Crippen LogP contribution in [0.3, 0.4) is 0 Å². The number of aromatic nitrogens is 1. The molecule has 0 atom stereocenters. The van der Waals surface area contributed by atoms with E-state index in [2.05, 4.69) is 121 Å². The largest absolute Gasteiger partial charge is 0.311 e. The van der Waals surface area contributed by atoms with Gasteiger partial charge in [-0.15, -0.1) is 0 Å². The summed E-state index contributed by atoms with van der Waals surface area (Å²) in [7, 11) is -1.77. The molecular weight excluding hydrogens is 404 g/mol. The lowest BCUT2D eigenvalue weighted by Crippen LogP contribution is -2.58. The molecule has 4 aromatic carbocycles. The maximum absolute atomic E-state index is 4.76. The van der Waals surface area contributed by atoms with Gasteiger partial charge in [0.1, 0.15) is 8.07 Å². The molecule has 32 heavy (non-hydrogen) atoms. The van der Waals surface area contributed by atoms with Crippen molar-refractivity contribution in [3.63, 3.8) is 0 Å². The van der Waals surface area contributed by atoms with Gasteiger partial charge < -0.3 is 4.90 Å². The minimum atomic E-state index is -1.77. The highest BCUT2D eigenvalue weighted by Gasteiger charge is 2.38. The zero-order valence-corrected chi connectivity index (χ0v) is 19.3. The molecule has 3 heteroatoms. The quantitative estimate of drug-likeness (QED) is 0.298. The van der Waals surface area contributed by atoms with Crippen molar-refractivity contribution in [2.24, 2.45) is 0 Å². The summed E-state index contributed by atoms with van der Waals surface area (Å²) >= 11 is 0. The lowest BCUT2D eigenvalue weighted by Gasteiger charge is -2.41. The van der Waals surface area contributed by atoms with Gasteiger partial charge in [0.25, 0.3) is 0 Å². The van der Waals surface area contributed by atoms with E-state index >= 15 is 0 Å². The fraction of sp³-hybridized carbons (Fsp3) is 0.0690. The number of hydrogen-bond donors (Lipinski definition) is 0. The van der Waals surface area contributed by atoms with Crippen LogP contribution in [-0.2, 0) is 0 Å². The Kier molecular flexibility index (Phi) is 4.27. The summed E-state index contributed by atoms with van der Waals surface area (Å²) in [5, 5.41) is 5.35. The number of pyridine rings is 1. The molecule has 0 bridgehead atoms. The molecule has 0 radical (unpaired) electrons. The smallest absolute Gasteiger partial charge is 0.117 e. The molecule has 0 saturated heterocycles. The van der Waals surface area contributed by atoms with Crippen LogP contribution in [0.15, 0.2) is 109 Å². The zero-order chi connectivity index (χ0) is 21.7. The normalized spacial score (nSPS) is 14.1. The molecule has 0 amide bonds. The van der Waals surface area contributed by atoms with Crippen LogP contribution in [0.5, 0.6) is 0 Å². The molecule has 5 aromatic rings. The molecule has 1 aromatic heterocycles. The monoisotopic (exact) mass is 428 g/mol. The Bertz CT molecular complexity index is 1420. The van der Waals surface area contributed by atoms with Crippen molar-refractivity contribution in [2.75, 3.05) is 4.90 Å². The van der Waals surface area contributed by atoms with Gasteiger partial charge in [-0.25, -0.2) is 0 Å². The Morgan fingerprint density at radius 3 is 2.06 bits per heavy atom. The highest BCUT2D eigenvalue weighted by Crippen LogP contribution is 2.39. The van der Waals surface area contributed by atoms with Crippen molar-refractivity contribution in [3.05, 3.63) is 109 Å². The first-order chi connectivity index (χ1) is 15.6. The van der Waals surface area contributed by atoms with Crippen LogP contribution in [0, 0.1) is 0 Å². The third-order valence-electron chi connectivity index (χ3n) is 6.69. The van der Waals surface area contributed by atoms with Crippen molar-refractivity contribution >= 4 is 46.3 Å². The molecule has 1 aliphatic heterocycles. The second-order valence-corrected chi connectivity index (χ2v) is 13.3. The van der Waals surface area contributed by atoms with E-state index in [1.54, 1.807) is 0 Å². The maximum atomic E-state index is 4.76. The van der Waals surface area contributed by atoms with E-state index in [1.165, 1.54) is 38.2 Å². The van der Waals surface area contributed by atoms with Crippen LogP contribution >= 0.6 is 0 Å². The van der Waals surface area contributed by atoms with Crippen molar-refractivity contribution in [1.82, 2.24) is 4.98 Å². The summed E-state index contributed by atoms with van der Waals surface area (Å²) in [6, 6.07) is 37.2. The van der Waals surface area contributed by atoms with Crippen LogP contribution in [0.1, 0.15) is 0 Å². The van der Waals surface area contributed by atoms with Gasteiger partial charge in [-0.3, -0.25) is 4.98 Å². The first-order valence-electron chi connectivity index (χ1n) is 11.1. The number of rotatable bonds is 2. The molecule has 0 aliphatic carbocycles. The average molecular weight is 429 g/mol. The summed E-state index contributed by atoms with van der Waals surface area (Å²) < 4.78 is 0. The first-order valence-corrected chi connectivity index (χ1v) is 14.1. The number of benzene rings is 4. The molecule has 2 nitrogen and oxygen atoms in total. The lowest BCUT2D eigenvalue weighted by atomic mass is 10.0. The van der Waals surface area contributed by atoms with E-state index in [-0.39, 0.29) is 0 Å². The topological polar surface area (TPSA) is 16.1 Å². The van der Waals surface area contributed by atoms with Gasteiger partial charge in [0.05, 0.1) is 5.69 Å². The second-order valence-electron chi connectivity index (χ2n) is 8.93. The van der Waals surface area contributed by atoms with Crippen molar-refractivity contribution in [1.29, 1.82) is 0 Å². The molecule has 0 unspecified atom stereocenters. The predicted molar refractivity (Wildman–Crippen MR) is 139 cm³/mol. The third kappa shape index (κ3) is 2.82. The molecule has 0 spiro atoms. The SMILES string of the molecule is C[Si]1(C)c2ccccc2N(c2cccc(-c3nccc4ccccc34)c2)c2ccccc21. The van der Waals surface area contributed by atoms with Crippen LogP contribution in [0.25, 0.3) is 22.0 Å². The van der Waals surface area contributed by atoms with Crippen LogP contribution in [-0.4, -0.2) is 13.1 Å². The minimum Gasteiger partial charge on any atom is -0.311 e. The third-order valence-corrected chi connectivity index (χ3v) is 10.2. The minimum absolute atomic E-state index is 1.03. The highest BCUT2D eigenvalue weighted by atomic mass is 28.3. The number of fused-ring (bicyclic) bond motifs is 3. The van der Waals surface area contributed by atoms with Gasteiger partial charge in [-0.2, -0.15) is 0 Å². The van der Waals surface area contributed by atoms with Gasteiger partial charge in [0.2, 0.25) is 0 Å². The van der Waals surface area contributed by atoms with Crippen molar-refractivity contribution in [2.45, 2.75) is 13.1 Å². The Morgan fingerprint density at radius 1 is 0.656 bits per heavy atom. The number of anilines is 3.